The third-order valence-electron chi connectivity index (χ3n) is 6.31. The van der Waals surface area contributed by atoms with Crippen molar-refractivity contribution >= 4 is 73.2 Å². The van der Waals surface area contributed by atoms with Gasteiger partial charge < -0.3 is 4.98 Å². The highest BCUT2D eigenvalue weighted by Crippen LogP contribution is 2.33. The number of nitrogens with one attached hydrogen (secondary N) is 1. The Morgan fingerprint density at radius 2 is 1.65 bits per heavy atom. The standard InChI is InChI=1S/C26H20Cl3N3O4S/c27-17-5-8-19(9-6-17)32-25(33)14-23(26(32)34)31(37(35,36)24-13-18(28)7-10-21(24)29)12-11-16-15-30-22-4-2-1-3-20(16)22/h1-10,13,15,23,30H,11-12,14H2. The number of imide groups is 1. The molecule has 0 spiro atoms. The molecule has 3 aromatic carbocycles. The highest BCUT2D eigenvalue weighted by atomic mass is 35.5. The number of nitrogens with zero attached hydrogens (tertiary/aromatic N) is 2. The Hall–Kier alpha value is -2.88. The van der Waals surface area contributed by atoms with Crippen LogP contribution in [0.15, 0.2) is 77.8 Å². The number of aromatic nitrogens is 1. The number of carbonyl (C=O) groups is 2. The second-order valence-electron chi connectivity index (χ2n) is 8.56. The van der Waals surface area contributed by atoms with Crippen molar-refractivity contribution in [2.75, 3.05) is 11.4 Å². The molecule has 190 valence electrons. The van der Waals surface area contributed by atoms with Gasteiger partial charge in [-0.3, -0.25) is 9.59 Å². The van der Waals surface area contributed by atoms with Crippen LogP contribution >= 0.6 is 34.8 Å². The number of fused-ring (bicyclic) bond motifs is 1. The summed E-state index contributed by atoms with van der Waals surface area (Å²) < 4.78 is 28.9. The molecular formula is C26H20Cl3N3O4S. The molecule has 1 aliphatic heterocycles. The van der Waals surface area contributed by atoms with E-state index in [1.165, 1.54) is 18.2 Å². The SMILES string of the molecule is O=C1CC(N(CCc2c[nH]c3ccccc23)S(=O)(=O)c2cc(Cl)ccc2Cl)C(=O)N1c1ccc(Cl)cc1. The average Bonchev–Trinajstić information content (AvgIpc) is 3.41. The Bertz CT molecular complexity index is 1620. The lowest BCUT2D eigenvalue weighted by Crippen LogP contribution is -2.46. The maximum absolute atomic E-state index is 13.9. The summed E-state index contributed by atoms with van der Waals surface area (Å²) in [5.74, 6) is -1.16. The molecule has 0 bridgehead atoms. The van der Waals surface area contributed by atoms with E-state index in [9.17, 15) is 18.0 Å². The summed E-state index contributed by atoms with van der Waals surface area (Å²) in [6.45, 7) is -0.0643. The molecule has 1 fully saturated rings. The molecule has 1 unspecified atom stereocenters. The van der Waals surface area contributed by atoms with Crippen molar-refractivity contribution in [2.24, 2.45) is 0 Å². The maximum atomic E-state index is 13.9. The van der Waals surface area contributed by atoms with Crippen LogP contribution in [-0.4, -0.2) is 42.1 Å². The van der Waals surface area contributed by atoms with E-state index in [1.807, 2.05) is 30.5 Å². The summed E-state index contributed by atoms with van der Waals surface area (Å²) in [6, 6.07) is 16.7. The van der Waals surface area contributed by atoms with Crippen LogP contribution in [0.1, 0.15) is 12.0 Å². The monoisotopic (exact) mass is 575 g/mol. The van der Waals surface area contributed by atoms with Gasteiger partial charge in [-0.1, -0.05) is 53.0 Å². The molecule has 4 aromatic rings. The van der Waals surface area contributed by atoms with Crippen molar-refractivity contribution in [1.82, 2.24) is 9.29 Å². The van der Waals surface area contributed by atoms with Crippen molar-refractivity contribution in [3.63, 3.8) is 0 Å². The van der Waals surface area contributed by atoms with E-state index < -0.39 is 27.9 Å². The van der Waals surface area contributed by atoms with Gasteiger partial charge in [-0.25, -0.2) is 13.3 Å². The maximum Gasteiger partial charge on any atom is 0.252 e. The molecule has 11 heteroatoms. The quantitative estimate of drug-likeness (QED) is 0.286. The van der Waals surface area contributed by atoms with Crippen molar-refractivity contribution in [3.05, 3.63) is 93.6 Å². The van der Waals surface area contributed by atoms with E-state index in [2.05, 4.69) is 4.98 Å². The number of H-pyrrole nitrogens is 1. The predicted octanol–water partition coefficient (Wildman–Crippen LogP) is 5.69. The molecule has 0 radical (unpaired) electrons. The number of halogens is 3. The van der Waals surface area contributed by atoms with E-state index >= 15 is 0 Å². The third kappa shape index (κ3) is 4.87. The number of para-hydroxylation sites is 1. The van der Waals surface area contributed by atoms with Gasteiger partial charge in [0.25, 0.3) is 5.91 Å². The number of benzene rings is 3. The molecular weight excluding hydrogens is 557 g/mol. The van der Waals surface area contributed by atoms with Crippen LogP contribution in [-0.2, 0) is 26.0 Å². The largest absolute Gasteiger partial charge is 0.361 e. The van der Waals surface area contributed by atoms with Crippen LogP contribution in [0.2, 0.25) is 15.1 Å². The zero-order valence-electron chi connectivity index (χ0n) is 19.2. The molecule has 0 aliphatic carbocycles. The molecule has 1 aliphatic rings. The molecule has 2 amide bonds. The van der Waals surface area contributed by atoms with E-state index in [0.717, 1.165) is 25.7 Å². The Balaban J connectivity index is 1.54. The fourth-order valence-electron chi connectivity index (χ4n) is 4.52. The van der Waals surface area contributed by atoms with Gasteiger partial charge in [-0.2, -0.15) is 4.31 Å². The number of carbonyl (C=O) groups excluding carboxylic acids is 2. The molecule has 1 N–H and O–H groups in total. The van der Waals surface area contributed by atoms with Gasteiger partial charge in [0, 0.05) is 33.7 Å². The number of amides is 2. The Labute approximate surface area is 228 Å². The summed E-state index contributed by atoms with van der Waals surface area (Å²) in [4.78, 5) is 30.5. The Kier molecular flexibility index (Phi) is 7.04. The van der Waals surface area contributed by atoms with Crippen LogP contribution in [0.5, 0.6) is 0 Å². The van der Waals surface area contributed by atoms with E-state index in [-0.39, 0.29) is 27.9 Å². The van der Waals surface area contributed by atoms with Gasteiger partial charge in [0.15, 0.2) is 0 Å². The van der Waals surface area contributed by atoms with Gasteiger partial charge in [0.05, 0.1) is 17.1 Å². The van der Waals surface area contributed by atoms with Crippen LogP contribution in [0.3, 0.4) is 0 Å². The smallest absolute Gasteiger partial charge is 0.252 e. The van der Waals surface area contributed by atoms with Gasteiger partial charge in [0.1, 0.15) is 10.9 Å². The zero-order valence-corrected chi connectivity index (χ0v) is 22.3. The molecule has 7 nitrogen and oxygen atoms in total. The minimum atomic E-state index is -4.33. The van der Waals surface area contributed by atoms with Crippen LogP contribution in [0.4, 0.5) is 5.69 Å². The topological polar surface area (TPSA) is 90.5 Å². The third-order valence-corrected chi connectivity index (χ3v) is 9.19. The van der Waals surface area contributed by atoms with Crippen molar-refractivity contribution in [1.29, 1.82) is 0 Å². The first-order chi connectivity index (χ1) is 17.7. The number of aromatic amines is 1. The number of rotatable bonds is 7. The lowest BCUT2D eigenvalue weighted by atomic mass is 10.1. The first-order valence-electron chi connectivity index (χ1n) is 11.3. The van der Waals surface area contributed by atoms with E-state index in [4.69, 9.17) is 34.8 Å². The number of sulfonamides is 1. The van der Waals surface area contributed by atoms with Crippen LogP contribution < -0.4 is 4.90 Å². The molecule has 37 heavy (non-hydrogen) atoms. The van der Waals surface area contributed by atoms with E-state index in [1.54, 1.807) is 24.3 Å². The Morgan fingerprint density at radius 3 is 2.41 bits per heavy atom. The summed E-state index contributed by atoms with van der Waals surface area (Å²) in [6.07, 6.45) is 1.79. The number of hydrogen-bond acceptors (Lipinski definition) is 4. The zero-order chi connectivity index (χ0) is 26.3. The van der Waals surface area contributed by atoms with Gasteiger partial charge in [-0.05, 0) is 60.5 Å². The highest BCUT2D eigenvalue weighted by molar-refractivity contribution is 7.89. The molecule has 2 heterocycles. The highest BCUT2D eigenvalue weighted by Gasteiger charge is 2.47. The van der Waals surface area contributed by atoms with Crippen molar-refractivity contribution < 1.29 is 18.0 Å². The van der Waals surface area contributed by atoms with Gasteiger partial charge >= 0.3 is 0 Å². The lowest BCUT2D eigenvalue weighted by Gasteiger charge is -2.27. The van der Waals surface area contributed by atoms with Crippen molar-refractivity contribution in [2.45, 2.75) is 23.8 Å². The molecule has 5 rings (SSSR count). The summed E-state index contributed by atoms with van der Waals surface area (Å²) in [5.41, 5.74) is 2.10. The van der Waals surface area contributed by atoms with Crippen molar-refractivity contribution in [3.8, 4) is 0 Å². The summed E-state index contributed by atoms with van der Waals surface area (Å²) >= 11 is 18.3. The number of hydrogen-bond donors (Lipinski definition) is 1. The normalized spacial score (nSPS) is 16.3. The molecule has 1 saturated heterocycles. The summed E-state index contributed by atoms with van der Waals surface area (Å²) in [5, 5.41) is 1.53. The second-order valence-corrected chi connectivity index (χ2v) is 11.7. The lowest BCUT2D eigenvalue weighted by molar-refractivity contribution is -0.122. The van der Waals surface area contributed by atoms with Gasteiger partial charge in [0.2, 0.25) is 15.9 Å². The minimum Gasteiger partial charge on any atom is -0.361 e. The Morgan fingerprint density at radius 1 is 0.946 bits per heavy atom. The van der Waals surface area contributed by atoms with Crippen LogP contribution in [0.25, 0.3) is 10.9 Å². The minimum absolute atomic E-state index is 0.0344. The van der Waals surface area contributed by atoms with E-state index in [0.29, 0.717) is 17.1 Å². The number of anilines is 1. The fourth-order valence-corrected chi connectivity index (χ4v) is 6.96. The van der Waals surface area contributed by atoms with Crippen LogP contribution in [0, 0.1) is 0 Å². The summed E-state index contributed by atoms with van der Waals surface area (Å²) in [7, 11) is -4.33. The first-order valence-corrected chi connectivity index (χ1v) is 13.9. The predicted molar refractivity (Wildman–Crippen MR) is 145 cm³/mol. The molecule has 0 saturated carbocycles. The average molecular weight is 577 g/mol. The fraction of sp³-hybridized carbons (Fsp3) is 0.154. The molecule has 1 aromatic heterocycles. The molecule has 1 atom stereocenters. The first kappa shape index (κ1) is 25.8. The second kappa shape index (κ2) is 10.1. The van der Waals surface area contributed by atoms with Gasteiger partial charge in [-0.15, -0.1) is 0 Å².